The third-order valence-electron chi connectivity index (χ3n) is 5.44. The van der Waals surface area contributed by atoms with E-state index in [4.69, 9.17) is 4.74 Å². The number of aromatic nitrogens is 3. The largest absolute Gasteiger partial charge is 0.494 e. The fourth-order valence-electron chi connectivity index (χ4n) is 3.62. The number of fused-ring (bicyclic) bond motifs is 1. The van der Waals surface area contributed by atoms with Gasteiger partial charge in [0.15, 0.2) is 0 Å². The normalized spacial score (nSPS) is 11.0. The van der Waals surface area contributed by atoms with Gasteiger partial charge in [-0.3, -0.25) is 14.9 Å². The molecule has 0 aliphatic carbocycles. The van der Waals surface area contributed by atoms with Crippen LogP contribution in [-0.2, 0) is 11.8 Å². The lowest BCUT2D eigenvalue weighted by Crippen LogP contribution is -2.19. The van der Waals surface area contributed by atoms with Crippen LogP contribution in [0.25, 0.3) is 22.2 Å². The standard InChI is InChI=1S/C24H23FN6O4/c1-13(2)23(32)27-18-11-26-24(28-17-10-20(31(33)34)16(25)9-21(17)35-4)29-22(18)15-12-30(3)19-8-6-5-7-14(15)19/h5-13H,1-4H3,(H,27,32)(H,26,28,29). The van der Waals surface area contributed by atoms with Crippen molar-refractivity contribution in [3.8, 4) is 17.0 Å². The molecule has 4 rings (SSSR count). The molecule has 0 spiro atoms. The van der Waals surface area contributed by atoms with Crippen molar-refractivity contribution < 1.29 is 18.8 Å². The van der Waals surface area contributed by atoms with Crippen LogP contribution in [0.2, 0.25) is 0 Å². The summed E-state index contributed by atoms with van der Waals surface area (Å²) in [6.45, 7) is 3.55. The lowest BCUT2D eigenvalue weighted by molar-refractivity contribution is -0.387. The van der Waals surface area contributed by atoms with Crippen molar-refractivity contribution in [1.29, 1.82) is 0 Å². The molecule has 1 amide bonds. The van der Waals surface area contributed by atoms with E-state index in [-0.39, 0.29) is 29.2 Å². The number of anilines is 3. The second kappa shape index (κ2) is 9.37. The van der Waals surface area contributed by atoms with Crippen LogP contribution in [-0.4, -0.2) is 32.5 Å². The van der Waals surface area contributed by atoms with Crippen molar-refractivity contribution in [2.45, 2.75) is 13.8 Å². The first-order valence-corrected chi connectivity index (χ1v) is 10.7. The van der Waals surface area contributed by atoms with Crippen molar-refractivity contribution >= 4 is 39.8 Å². The molecule has 4 aromatic rings. The van der Waals surface area contributed by atoms with Gasteiger partial charge >= 0.3 is 5.69 Å². The van der Waals surface area contributed by atoms with Crippen LogP contribution in [0, 0.1) is 21.8 Å². The van der Waals surface area contributed by atoms with Crippen LogP contribution in [0.5, 0.6) is 5.75 Å². The van der Waals surface area contributed by atoms with E-state index in [0.717, 1.165) is 28.6 Å². The van der Waals surface area contributed by atoms with Crippen LogP contribution in [0.4, 0.5) is 27.4 Å². The monoisotopic (exact) mass is 478 g/mol. The molecule has 2 heterocycles. The van der Waals surface area contributed by atoms with E-state index in [9.17, 15) is 19.3 Å². The van der Waals surface area contributed by atoms with Gasteiger partial charge in [0.25, 0.3) is 0 Å². The van der Waals surface area contributed by atoms with Crippen LogP contribution >= 0.6 is 0 Å². The Hall–Kier alpha value is -4.54. The smallest absolute Gasteiger partial charge is 0.307 e. The van der Waals surface area contributed by atoms with Crippen molar-refractivity contribution in [2.24, 2.45) is 13.0 Å². The maximum atomic E-state index is 14.1. The molecule has 0 saturated heterocycles. The van der Waals surface area contributed by atoms with Gasteiger partial charge in [0.2, 0.25) is 17.7 Å². The van der Waals surface area contributed by atoms with E-state index in [1.165, 1.54) is 13.3 Å². The van der Waals surface area contributed by atoms with Crippen LogP contribution in [0.3, 0.4) is 0 Å². The highest BCUT2D eigenvalue weighted by Gasteiger charge is 2.21. The Bertz CT molecular complexity index is 1450. The van der Waals surface area contributed by atoms with E-state index >= 15 is 0 Å². The number of halogens is 1. The highest BCUT2D eigenvalue weighted by molar-refractivity contribution is 6.01. The van der Waals surface area contributed by atoms with Crippen molar-refractivity contribution in [2.75, 3.05) is 17.7 Å². The first kappa shape index (κ1) is 23.6. The summed E-state index contributed by atoms with van der Waals surface area (Å²) in [6, 6.07) is 9.68. The van der Waals surface area contributed by atoms with Crippen molar-refractivity contribution in [3.63, 3.8) is 0 Å². The molecule has 10 nitrogen and oxygen atoms in total. The van der Waals surface area contributed by atoms with Gasteiger partial charge in [0.05, 0.1) is 29.6 Å². The summed E-state index contributed by atoms with van der Waals surface area (Å²) in [5.74, 6) is -1.37. The Morgan fingerprint density at radius 3 is 2.66 bits per heavy atom. The quantitative estimate of drug-likeness (QED) is 0.282. The van der Waals surface area contributed by atoms with Crippen LogP contribution in [0.1, 0.15) is 13.8 Å². The summed E-state index contributed by atoms with van der Waals surface area (Å²) in [5, 5.41) is 17.9. The number of aryl methyl sites for hydroxylation is 1. The summed E-state index contributed by atoms with van der Waals surface area (Å²) in [6.07, 6.45) is 3.35. The molecule has 35 heavy (non-hydrogen) atoms. The minimum Gasteiger partial charge on any atom is -0.494 e. The molecule has 11 heteroatoms. The number of hydrogen-bond acceptors (Lipinski definition) is 7. The lowest BCUT2D eigenvalue weighted by atomic mass is 10.1. The van der Waals surface area contributed by atoms with Gasteiger partial charge in [-0.2, -0.15) is 4.39 Å². The summed E-state index contributed by atoms with van der Waals surface area (Å²) >= 11 is 0. The fraction of sp³-hybridized carbons (Fsp3) is 0.208. The maximum Gasteiger partial charge on any atom is 0.307 e. The predicted molar refractivity (Wildman–Crippen MR) is 130 cm³/mol. The topological polar surface area (TPSA) is 124 Å². The highest BCUT2D eigenvalue weighted by Crippen LogP contribution is 2.36. The number of para-hydroxylation sites is 1. The lowest BCUT2D eigenvalue weighted by Gasteiger charge is -2.14. The third-order valence-corrected chi connectivity index (χ3v) is 5.44. The number of carbonyl (C=O) groups is 1. The number of hydrogen-bond donors (Lipinski definition) is 2. The minimum absolute atomic E-state index is 0.0422. The Morgan fingerprint density at radius 1 is 1.23 bits per heavy atom. The molecular weight excluding hydrogens is 455 g/mol. The van der Waals surface area contributed by atoms with E-state index in [1.54, 1.807) is 13.8 Å². The molecular formula is C24H23FN6O4. The molecule has 0 aliphatic rings. The predicted octanol–water partition coefficient (Wildman–Crippen LogP) is 5.03. The Balaban J connectivity index is 1.85. The number of rotatable bonds is 7. The first-order valence-electron chi connectivity index (χ1n) is 10.7. The van der Waals surface area contributed by atoms with E-state index in [0.29, 0.717) is 11.4 Å². The molecule has 0 fully saturated rings. The second-order valence-corrected chi connectivity index (χ2v) is 8.16. The zero-order valence-electron chi connectivity index (χ0n) is 19.5. The molecule has 0 radical (unpaired) electrons. The zero-order chi connectivity index (χ0) is 25.3. The van der Waals surface area contributed by atoms with E-state index in [2.05, 4.69) is 20.6 Å². The Morgan fingerprint density at radius 2 is 1.97 bits per heavy atom. The fourth-order valence-corrected chi connectivity index (χ4v) is 3.62. The maximum absolute atomic E-state index is 14.1. The summed E-state index contributed by atoms with van der Waals surface area (Å²) in [4.78, 5) is 31.7. The van der Waals surface area contributed by atoms with Gasteiger partial charge in [0, 0.05) is 47.8 Å². The van der Waals surface area contributed by atoms with Gasteiger partial charge in [-0.05, 0) is 6.07 Å². The molecule has 2 N–H and O–H groups in total. The average Bonchev–Trinajstić information content (AvgIpc) is 3.17. The molecule has 0 bridgehead atoms. The number of benzene rings is 2. The first-order chi connectivity index (χ1) is 16.7. The van der Waals surface area contributed by atoms with Crippen LogP contribution in [0.15, 0.2) is 48.8 Å². The summed E-state index contributed by atoms with van der Waals surface area (Å²) in [7, 11) is 3.22. The van der Waals surface area contributed by atoms with Crippen LogP contribution < -0.4 is 15.4 Å². The van der Waals surface area contributed by atoms with Gasteiger partial charge in [-0.25, -0.2) is 9.97 Å². The molecule has 2 aromatic heterocycles. The zero-order valence-corrected chi connectivity index (χ0v) is 19.5. The number of carbonyl (C=O) groups excluding carboxylic acids is 1. The number of ether oxygens (including phenoxy) is 1. The van der Waals surface area contributed by atoms with Crippen molar-refractivity contribution in [3.05, 3.63) is 64.7 Å². The number of methoxy groups -OCH3 is 1. The number of nitro benzene ring substituents is 1. The molecule has 0 unspecified atom stereocenters. The van der Waals surface area contributed by atoms with E-state index < -0.39 is 16.4 Å². The second-order valence-electron chi connectivity index (χ2n) is 8.16. The van der Waals surface area contributed by atoms with Gasteiger partial charge < -0.3 is 19.9 Å². The van der Waals surface area contributed by atoms with E-state index in [1.807, 2.05) is 42.1 Å². The summed E-state index contributed by atoms with van der Waals surface area (Å²) in [5.41, 5.74) is 1.97. The molecule has 0 atom stereocenters. The number of nitrogens with zero attached hydrogens (tertiary/aromatic N) is 4. The molecule has 0 aliphatic heterocycles. The average molecular weight is 478 g/mol. The SMILES string of the molecule is COc1cc(F)c([N+](=O)[O-])cc1Nc1ncc(NC(=O)C(C)C)c(-c2cn(C)c3ccccc23)n1. The van der Waals surface area contributed by atoms with Gasteiger partial charge in [0.1, 0.15) is 11.4 Å². The van der Waals surface area contributed by atoms with Crippen molar-refractivity contribution in [1.82, 2.24) is 14.5 Å². The molecule has 2 aromatic carbocycles. The Labute approximate surface area is 199 Å². The Kier molecular flexibility index (Phi) is 6.32. The number of nitrogens with one attached hydrogen (secondary N) is 2. The number of amides is 1. The van der Waals surface area contributed by atoms with Gasteiger partial charge in [-0.15, -0.1) is 0 Å². The summed E-state index contributed by atoms with van der Waals surface area (Å²) < 4.78 is 21.2. The minimum atomic E-state index is -1.03. The third kappa shape index (κ3) is 4.60. The number of nitro groups is 1. The molecule has 0 saturated carbocycles. The van der Waals surface area contributed by atoms with Gasteiger partial charge in [-0.1, -0.05) is 32.0 Å². The highest BCUT2D eigenvalue weighted by atomic mass is 19.1. The molecule has 180 valence electrons.